The van der Waals surface area contributed by atoms with E-state index in [0.29, 0.717) is 12.8 Å². The maximum Gasteiger partial charge on any atom is 0.119 e. The van der Waals surface area contributed by atoms with Crippen molar-refractivity contribution in [1.29, 1.82) is 0 Å². The molecule has 0 aromatic heterocycles. The second-order valence-corrected chi connectivity index (χ2v) is 6.75. The van der Waals surface area contributed by atoms with Crippen molar-refractivity contribution in [3.63, 3.8) is 0 Å². The standard InChI is InChI=1S/C18H19BrO2/c1-21-17-7-4-14-8-9-18(20,12-15(14)10-17)11-13-2-5-16(19)6-3-13/h2-7,10,20H,8-9,11-12H2,1H3. The summed E-state index contributed by atoms with van der Waals surface area (Å²) < 4.78 is 6.36. The first kappa shape index (κ1) is 14.6. The average molecular weight is 347 g/mol. The van der Waals surface area contributed by atoms with E-state index in [0.717, 1.165) is 23.1 Å². The molecule has 0 heterocycles. The van der Waals surface area contributed by atoms with Gasteiger partial charge in [0, 0.05) is 17.3 Å². The van der Waals surface area contributed by atoms with Crippen molar-refractivity contribution in [2.24, 2.45) is 0 Å². The molecule has 0 saturated heterocycles. The lowest BCUT2D eigenvalue weighted by Gasteiger charge is -2.34. The van der Waals surface area contributed by atoms with E-state index in [9.17, 15) is 5.11 Å². The first-order chi connectivity index (χ1) is 10.1. The predicted octanol–water partition coefficient (Wildman–Crippen LogP) is 3.92. The van der Waals surface area contributed by atoms with Crippen LogP contribution in [-0.2, 0) is 19.3 Å². The van der Waals surface area contributed by atoms with E-state index < -0.39 is 5.60 Å². The summed E-state index contributed by atoms with van der Waals surface area (Å²) in [5.74, 6) is 0.863. The van der Waals surface area contributed by atoms with Gasteiger partial charge in [0.2, 0.25) is 0 Å². The van der Waals surface area contributed by atoms with Gasteiger partial charge < -0.3 is 9.84 Å². The minimum atomic E-state index is -0.660. The second kappa shape index (κ2) is 5.82. The van der Waals surface area contributed by atoms with Gasteiger partial charge in [-0.05, 0) is 53.8 Å². The molecule has 2 aromatic rings. The van der Waals surface area contributed by atoms with Crippen LogP contribution in [-0.4, -0.2) is 17.8 Å². The van der Waals surface area contributed by atoms with Crippen LogP contribution in [0.2, 0.25) is 0 Å². The number of aryl methyl sites for hydroxylation is 1. The number of hydrogen-bond acceptors (Lipinski definition) is 2. The van der Waals surface area contributed by atoms with E-state index in [1.54, 1.807) is 7.11 Å². The van der Waals surface area contributed by atoms with Gasteiger partial charge in [-0.1, -0.05) is 34.1 Å². The zero-order valence-corrected chi connectivity index (χ0v) is 13.7. The van der Waals surface area contributed by atoms with Gasteiger partial charge in [0.05, 0.1) is 12.7 Å². The third-order valence-electron chi connectivity index (χ3n) is 4.24. The summed E-state index contributed by atoms with van der Waals surface area (Å²) in [5.41, 5.74) is 3.05. The SMILES string of the molecule is COc1ccc2c(c1)CC(O)(Cc1ccc(Br)cc1)CC2. The molecule has 21 heavy (non-hydrogen) atoms. The zero-order valence-electron chi connectivity index (χ0n) is 12.1. The quantitative estimate of drug-likeness (QED) is 0.912. The van der Waals surface area contributed by atoms with Crippen LogP contribution in [0.5, 0.6) is 5.75 Å². The maximum atomic E-state index is 11.0. The van der Waals surface area contributed by atoms with Gasteiger partial charge in [-0.2, -0.15) is 0 Å². The van der Waals surface area contributed by atoms with Crippen LogP contribution in [0.1, 0.15) is 23.1 Å². The van der Waals surface area contributed by atoms with Gasteiger partial charge in [0.1, 0.15) is 5.75 Å². The van der Waals surface area contributed by atoms with Crippen LogP contribution in [0.3, 0.4) is 0 Å². The van der Waals surface area contributed by atoms with Gasteiger partial charge in [0.15, 0.2) is 0 Å². The van der Waals surface area contributed by atoms with Crippen molar-refractivity contribution >= 4 is 15.9 Å². The van der Waals surface area contributed by atoms with Crippen molar-refractivity contribution in [3.05, 3.63) is 63.6 Å². The summed E-state index contributed by atoms with van der Waals surface area (Å²) >= 11 is 3.44. The molecule has 1 atom stereocenters. The fraction of sp³-hybridized carbons (Fsp3) is 0.333. The molecule has 1 N–H and O–H groups in total. The Balaban J connectivity index is 1.81. The Hall–Kier alpha value is -1.32. The van der Waals surface area contributed by atoms with Gasteiger partial charge in [-0.15, -0.1) is 0 Å². The first-order valence-electron chi connectivity index (χ1n) is 7.21. The van der Waals surface area contributed by atoms with E-state index in [1.165, 1.54) is 16.7 Å². The normalized spacial score (nSPS) is 20.9. The van der Waals surface area contributed by atoms with E-state index >= 15 is 0 Å². The molecule has 0 aliphatic heterocycles. The monoisotopic (exact) mass is 346 g/mol. The minimum absolute atomic E-state index is 0.660. The van der Waals surface area contributed by atoms with Gasteiger partial charge in [-0.25, -0.2) is 0 Å². The molecular formula is C18H19BrO2. The molecule has 0 spiro atoms. The van der Waals surface area contributed by atoms with Crippen LogP contribution in [0, 0.1) is 0 Å². The van der Waals surface area contributed by atoms with Crippen LogP contribution < -0.4 is 4.74 Å². The molecule has 0 radical (unpaired) electrons. The number of rotatable bonds is 3. The molecule has 3 heteroatoms. The fourth-order valence-electron chi connectivity index (χ4n) is 3.08. The van der Waals surface area contributed by atoms with Crippen molar-refractivity contribution in [3.8, 4) is 5.75 Å². The third kappa shape index (κ3) is 3.30. The Bertz CT molecular complexity index is 636. The van der Waals surface area contributed by atoms with E-state index in [1.807, 2.05) is 18.2 Å². The number of aliphatic hydroxyl groups is 1. The number of ether oxygens (including phenoxy) is 1. The van der Waals surface area contributed by atoms with Gasteiger partial charge in [-0.3, -0.25) is 0 Å². The zero-order chi connectivity index (χ0) is 14.9. The van der Waals surface area contributed by atoms with E-state index in [-0.39, 0.29) is 0 Å². The van der Waals surface area contributed by atoms with E-state index in [2.05, 4.69) is 40.2 Å². The highest BCUT2D eigenvalue weighted by Gasteiger charge is 2.32. The molecular weight excluding hydrogens is 328 g/mol. The second-order valence-electron chi connectivity index (χ2n) is 5.84. The predicted molar refractivity (Wildman–Crippen MR) is 87.8 cm³/mol. The molecule has 3 rings (SSSR count). The van der Waals surface area contributed by atoms with Gasteiger partial charge in [0.25, 0.3) is 0 Å². The largest absolute Gasteiger partial charge is 0.497 e. The average Bonchev–Trinajstić information content (AvgIpc) is 2.48. The number of hydrogen-bond donors (Lipinski definition) is 1. The van der Waals surface area contributed by atoms with Crippen LogP contribution in [0.4, 0.5) is 0 Å². The molecule has 110 valence electrons. The Morgan fingerprint density at radius 2 is 1.90 bits per heavy atom. The van der Waals surface area contributed by atoms with Crippen LogP contribution >= 0.6 is 15.9 Å². The Morgan fingerprint density at radius 3 is 2.62 bits per heavy atom. The van der Waals surface area contributed by atoms with Crippen molar-refractivity contribution in [2.45, 2.75) is 31.3 Å². The summed E-state index contributed by atoms with van der Waals surface area (Å²) in [7, 11) is 1.68. The molecule has 2 aromatic carbocycles. The fourth-order valence-corrected chi connectivity index (χ4v) is 3.35. The molecule has 0 bridgehead atoms. The third-order valence-corrected chi connectivity index (χ3v) is 4.77. The van der Waals surface area contributed by atoms with Crippen molar-refractivity contribution < 1.29 is 9.84 Å². The molecule has 2 nitrogen and oxygen atoms in total. The molecule has 1 unspecified atom stereocenters. The molecule has 1 aliphatic rings. The minimum Gasteiger partial charge on any atom is -0.497 e. The molecule has 0 fully saturated rings. The smallest absolute Gasteiger partial charge is 0.119 e. The van der Waals surface area contributed by atoms with Gasteiger partial charge >= 0.3 is 0 Å². The maximum absolute atomic E-state index is 11.0. The van der Waals surface area contributed by atoms with Crippen molar-refractivity contribution in [1.82, 2.24) is 0 Å². The van der Waals surface area contributed by atoms with E-state index in [4.69, 9.17) is 4.74 Å². The molecule has 0 saturated carbocycles. The lowest BCUT2D eigenvalue weighted by Crippen LogP contribution is -2.38. The number of halogens is 1. The Kier molecular flexibility index (Phi) is 4.05. The summed E-state index contributed by atoms with van der Waals surface area (Å²) in [4.78, 5) is 0. The van der Waals surface area contributed by atoms with Crippen molar-refractivity contribution in [2.75, 3.05) is 7.11 Å². The highest BCUT2D eigenvalue weighted by atomic mass is 79.9. The number of fused-ring (bicyclic) bond motifs is 1. The topological polar surface area (TPSA) is 29.5 Å². The lowest BCUT2D eigenvalue weighted by atomic mass is 9.77. The molecule has 0 amide bonds. The highest BCUT2D eigenvalue weighted by molar-refractivity contribution is 9.10. The summed E-state index contributed by atoms with van der Waals surface area (Å²) in [6.45, 7) is 0. The number of benzene rings is 2. The summed E-state index contributed by atoms with van der Waals surface area (Å²) in [6.07, 6.45) is 3.11. The van der Waals surface area contributed by atoms with Crippen LogP contribution in [0.25, 0.3) is 0 Å². The molecule has 1 aliphatic carbocycles. The summed E-state index contributed by atoms with van der Waals surface area (Å²) in [5, 5.41) is 11.0. The Labute approximate surface area is 133 Å². The van der Waals surface area contributed by atoms with Crippen LogP contribution in [0.15, 0.2) is 46.9 Å². The lowest BCUT2D eigenvalue weighted by molar-refractivity contribution is 0.0267. The highest BCUT2D eigenvalue weighted by Crippen LogP contribution is 2.33. The first-order valence-corrected chi connectivity index (χ1v) is 8.00. The number of methoxy groups -OCH3 is 1. The Morgan fingerprint density at radius 1 is 1.14 bits per heavy atom. The summed E-state index contributed by atoms with van der Waals surface area (Å²) in [6, 6.07) is 14.4.